The normalized spacial score (nSPS) is 10.8. The van der Waals surface area contributed by atoms with Gasteiger partial charge in [-0.25, -0.2) is 8.42 Å². The molecule has 0 aliphatic rings. The number of sulfonamides is 1. The molecular formula is C11H16N2O4S. The fourth-order valence-corrected chi connectivity index (χ4v) is 2.22. The van der Waals surface area contributed by atoms with Crippen LogP contribution in [0.4, 0.5) is 5.69 Å². The number of carbonyl (C=O) groups is 1. The van der Waals surface area contributed by atoms with Crippen molar-refractivity contribution < 1.29 is 17.9 Å². The summed E-state index contributed by atoms with van der Waals surface area (Å²) in [5.41, 5.74) is 0.389. The van der Waals surface area contributed by atoms with Gasteiger partial charge >= 0.3 is 0 Å². The molecule has 6 nitrogen and oxygen atoms in total. The molecular weight excluding hydrogens is 256 g/mol. The lowest BCUT2D eigenvalue weighted by Gasteiger charge is -2.21. The predicted octanol–water partition coefficient (Wildman–Crippen LogP) is 0.207. The van der Waals surface area contributed by atoms with Crippen LogP contribution >= 0.6 is 0 Å². The third-order valence-corrected chi connectivity index (χ3v) is 3.45. The Balaban J connectivity index is 3.13. The third kappa shape index (κ3) is 3.63. The molecule has 100 valence electrons. The molecule has 0 bridgehead atoms. The molecule has 18 heavy (non-hydrogen) atoms. The molecule has 0 aliphatic carbocycles. The second-order valence-electron chi connectivity index (χ2n) is 3.64. The summed E-state index contributed by atoms with van der Waals surface area (Å²) in [4.78, 5) is 11.3. The molecule has 1 aromatic rings. The van der Waals surface area contributed by atoms with Gasteiger partial charge in [-0.05, 0) is 12.1 Å². The van der Waals surface area contributed by atoms with Gasteiger partial charge in [-0.15, -0.1) is 0 Å². The van der Waals surface area contributed by atoms with Crippen LogP contribution in [-0.2, 0) is 14.8 Å². The number of rotatable bonds is 5. The Morgan fingerprint density at radius 3 is 2.61 bits per heavy atom. The van der Waals surface area contributed by atoms with Crippen molar-refractivity contribution in [2.45, 2.75) is 0 Å². The fourth-order valence-electron chi connectivity index (χ4n) is 1.38. The highest BCUT2D eigenvalue weighted by Crippen LogP contribution is 2.22. The number of likely N-dealkylation sites (N-methyl/N-ethyl adjacent to an activating group) is 1. The highest BCUT2D eigenvalue weighted by Gasteiger charge is 2.20. The van der Waals surface area contributed by atoms with E-state index in [9.17, 15) is 13.2 Å². The van der Waals surface area contributed by atoms with Crippen molar-refractivity contribution in [3.05, 3.63) is 24.3 Å². The molecule has 0 radical (unpaired) electrons. The van der Waals surface area contributed by atoms with Crippen LogP contribution in [-0.4, -0.2) is 41.3 Å². The van der Waals surface area contributed by atoms with E-state index in [0.717, 1.165) is 10.6 Å². The van der Waals surface area contributed by atoms with E-state index in [1.54, 1.807) is 24.3 Å². The quantitative estimate of drug-likeness (QED) is 0.831. The minimum atomic E-state index is -3.53. The van der Waals surface area contributed by atoms with Gasteiger partial charge in [-0.3, -0.25) is 9.10 Å². The van der Waals surface area contributed by atoms with Crippen molar-refractivity contribution in [1.82, 2.24) is 5.32 Å². The topological polar surface area (TPSA) is 75.7 Å². The Morgan fingerprint density at radius 1 is 1.44 bits per heavy atom. The highest BCUT2D eigenvalue weighted by atomic mass is 32.2. The van der Waals surface area contributed by atoms with E-state index in [1.165, 1.54) is 14.2 Å². The minimum absolute atomic E-state index is 0.261. The SMILES string of the molecule is CNC(=O)CN(c1cccc(OC)c1)S(C)(=O)=O. The van der Waals surface area contributed by atoms with Crippen LogP contribution < -0.4 is 14.4 Å². The molecule has 7 heteroatoms. The minimum Gasteiger partial charge on any atom is -0.497 e. The number of hydrogen-bond donors (Lipinski definition) is 1. The lowest BCUT2D eigenvalue weighted by molar-refractivity contribution is -0.119. The Labute approximate surface area is 107 Å². The molecule has 0 unspecified atom stereocenters. The number of amides is 1. The summed E-state index contributed by atoms with van der Waals surface area (Å²) >= 11 is 0. The zero-order chi connectivity index (χ0) is 13.8. The first-order chi connectivity index (χ1) is 8.38. The maximum Gasteiger partial charge on any atom is 0.240 e. The summed E-state index contributed by atoms with van der Waals surface area (Å²) in [7, 11) is -0.590. The van der Waals surface area contributed by atoms with E-state index in [1.807, 2.05) is 0 Å². The van der Waals surface area contributed by atoms with E-state index >= 15 is 0 Å². The van der Waals surface area contributed by atoms with Gasteiger partial charge in [-0.1, -0.05) is 6.07 Å². The summed E-state index contributed by atoms with van der Waals surface area (Å²) in [5.74, 6) is 0.140. The zero-order valence-electron chi connectivity index (χ0n) is 10.5. The number of carbonyl (C=O) groups excluding carboxylic acids is 1. The molecule has 0 fully saturated rings. The maximum absolute atomic E-state index is 11.7. The Hall–Kier alpha value is -1.76. The van der Waals surface area contributed by atoms with Crippen LogP contribution in [0.1, 0.15) is 0 Å². The number of methoxy groups -OCH3 is 1. The number of anilines is 1. The molecule has 0 heterocycles. The molecule has 0 saturated carbocycles. The second-order valence-corrected chi connectivity index (χ2v) is 5.55. The van der Waals surface area contributed by atoms with Gasteiger partial charge in [0.25, 0.3) is 0 Å². The van der Waals surface area contributed by atoms with Gasteiger partial charge in [0.05, 0.1) is 19.1 Å². The standard InChI is InChI=1S/C11H16N2O4S/c1-12-11(14)8-13(18(3,15)16)9-5-4-6-10(7-9)17-2/h4-7H,8H2,1-3H3,(H,12,14). The summed E-state index contributed by atoms with van der Waals surface area (Å²) in [6, 6.07) is 6.52. The van der Waals surface area contributed by atoms with Gasteiger partial charge in [0, 0.05) is 13.1 Å². The smallest absolute Gasteiger partial charge is 0.240 e. The Morgan fingerprint density at radius 2 is 2.11 bits per heavy atom. The van der Waals surface area contributed by atoms with Crippen molar-refractivity contribution >= 4 is 21.6 Å². The van der Waals surface area contributed by atoms with Gasteiger partial charge < -0.3 is 10.1 Å². The van der Waals surface area contributed by atoms with Crippen LogP contribution in [0.5, 0.6) is 5.75 Å². The lowest BCUT2D eigenvalue weighted by Crippen LogP contribution is -2.39. The van der Waals surface area contributed by atoms with E-state index in [4.69, 9.17) is 4.74 Å². The van der Waals surface area contributed by atoms with E-state index in [0.29, 0.717) is 11.4 Å². The van der Waals surface area contributed by atoms with Crippen LogP contribution in [0.2, 0.25) is 0 Å². The van der Waals surface area contributed by atoms with Gasteiger partial charge in [0.2, 0.25) is 15.9 Å². The molecule has 0 aromatic heterocycles. The van der Waals surface area contributed by atoms with E-state index in [2.05, 4.69) is 5.32 Å². The lowest BCUT2D eigenvalue weighted by atomic mass is 10.3. The highest BCUT2D eigenvalue weighted by molar-refractivity contribution is 7.92. The van der Waals surface area contributed by atoms with Crippen LogP contribution in [0.15, 0.2) is 24.3 Å². The maximum atomic E-state index is 11.7. The van der Waals surface area contributed by atoms with Crippen molar-refractivity contribution in [3.63, 3.8) is 0 Å². The molecule has 1 rings (SSSR count). The van der Waals surface area contributed by atoms with Crippen LogP contribution in [0.25, 0.3) is 0 Å². The van der Waals surface area contributed by atoms with Gasteiger partial charge in [-0.2, -0.15) is 0 Å². The monoisotopic (exact) mass is 272 g/mol. The molecule has 1 amide bonds. The van der Waals surface area contributed by atoms with Gasteiger partial charge in [0.1, 0.15) is 12.3 Å². The largest absolute Gasteiger partial charge is 0.497 e. The number of benzene rings is 1. The van der Waals surface area contributed by atoms with Crippen LogP contribution in [0.3, 0.4) is 0 Å². The van der Waals surface area contributed by atoms with E-state index < -0.39 is 10.0 Å². The molecule has 1 N–H and O–H groups in total. The fraction of sp³-hybridized carbons (Fsp3) is 0.364. The van der Waals surface area contributed by atoms with Gasteiger partial charge in [0.15, 0.2) is 0 Å². The van der Waals surface area contributed by atoms with Crippen LogP contribution in [0, 0.1) is 0 Å². The second kappa shape index (κ2) is 5.72. The zero-order valence-corrected chi connectivity index (χ0v) is 11.3. The number of ether oxygens (including phenoxy) is 1. The molecule has 0 atom stereocenters. The molecule has 0 aliphatic heterocycles. The van der Waals surface area contributed by atoms with Crippen molar-refractivity contribution in [2.75, 3.05) is 31.3 Å². The predicted molar refractivity (Wildman–Crippen MR) is 69.3 cm³/mol. The molecule has 0 saturated heterocycles. The first-order valence-electron chi connectivity index (χ1n) is 5.21. The average Bonchev–Trinajstić information content (AvgIpc) is 2.34. The average molecular weight is 272 g/mol. The third-order valence-electron chi connectivity index (χ3n) is 2.31. The molecule has 1 aromatic carbocycles. The summed E-state index contributed by atoms with van der Waals surface area (Å²) in [6.45, 7) is -0.261. The number of nitrogens with one attached hydrogen (secondary N) is 1. The molecule has 0 spiro atoms. The Kier molecular flexibility index (Phi) is 4.55. The van der Waals surface area contributed by atoms with Crippen molar-refractivity contribution in [3.8, 4) is 5.75 Å². The summed E-state index contributed by atoms with van der Waals surface area (Å²) in [6.07, 6.45) is 1.05. The number of hydrogen-bond acceptors (Lipinski definition) is 4. The van der Waals surface area contributed by atoms with Crippen molar-refractivity contribution in [2.24, 2.45) is 0 Å². The number of nitrogens with zero attached hydrogens (tertiary/aromatic N) is 1. The summed E-state index contributed by atoms with van der Waals surface area (Å²) < 4.78 is 29.4. The van der Waals surface area contributed by atoms with Crippen molar-refractivity contribution in [1.29, 1.82) is 0 Å². The Bertz CT molecular complexity index is 528. The van der Waals surface area contributed by atoms with E-state index in [-0.39, 0.29) is 12.5 Å². The first-order valence-corrected chi connectivity index (χ1v) is 7.05. The summed E-state index contributed by atoms with van der Waals surface area (Å²) in [5, 5.41) is 2.39. The first kappa shape index (κ1) is 14.3.